The molecule has 1 fully saturated rings. The Labute approximate surface area is 234 Å². The molecule has 8 heteroatoms. The Morgan fingerprint density at radius 1 is 1.10 bits per heavy atom. The van der Waals surface area contributed by atoms with Crippen LogP contribution in [-0.2, 0) is 30.9 Å². The van der Waals surface area contributed by atoms with E-state index in [0.29, 0.717) is 43.4 Å². The molecule has 0 saturated heterocycles. The molecular formula is C31H35ClN4O3. The average Bonchev–Trinajstić information content (AvgIpc) is 3.57. The normalized spacial score (nSPS) is 19.2. The second kappa shape index (κ2) is 11.0. The minimum Gasteiger partial charge on any atom is -0.487 e. The fourth-order valence-electron chi connectivity index (χ4n) is 6.42. The second-order valence-electron chi connectivity index (χ2n) is 10.9. The molecule has 0 bridgehead atoms. The molecule has 0 spiro atoms. The van der Waals surface area contributed by atoms with Crippen LogP contribution in [0.25, 0.3) is 0 Å². The lowest BCUT2D eigenvalue weighted by Gasteiger charge is -2.42. The highest BCUT2D eigenvalue weighted by molar-refractivity contribution is 6.31. The summed E-state index contributed by atoms with van der Waals surface area (Å²) < 4.78 is 8.26. The van der Waals surface area contributed by atoms with E-state index < -0.39 is 0 Å². The monoisotopic (exact) mass is 546 g/mol. The Balaban J connectivity index is 1.35. The Bertz CT molecular complexity index is 1380. The lowest BCUT2D eigenvalue weighted by molar-refractivity contribution is -0.140. The highest BCUT2D eigenvalue weighted by Crippen LogP contribution is 2.43. The van der Waals surface area contributed by atoms with Gasteiger partial charge in [-0.25, -0.2) is 0 Å². The fourth-order valence-corrected chi connectivity index (χ4v) is 6.68. The summed E-state index contributed by atoms with van der Waals surface area (Å²) in [6.07, 6.45) is 7.85. The predicted octanol–water partition coefficient (Wildman–Crippen LogP) is 5.80. The van der Waals surface area contributed by atoms with E-state index in [4.69, 9.17) is 16.3 Å². The molecule has 1 aromatic heterocycles. The molecule has 2 aromatic carbocycles. The van der Waals surface area contributed by atoms with Gasteiger partial charge >= 0.3 is 0 Å². The number of aryl methyl sites for hydroxylation is 1. The molecule has 1 atom stereocenters. The smallest absolute Gasteiger partial charge is 0.254 e. The number of halogens is 1. The Kier molecular flexibility index (Phi) is 7.34. The summed E-state index contributed by atoms with van der Waals surface area (Å²) in [5.41, 5.74) is 4.55. The summed E-state index contributed by atoms with van der Waals surface area (Å²) in [4.78, 5) is 31.3. The highest BCUT2D eigenvalue weighted by Gasteiger charge is 2.40. The summed E-state index contributed by atoms with van der Waals surface area (Å²) in [6, 6.07) is 13.2. The zero-order valence-corrected chi connectivity index (χ0v) is 23.2. The first-order chi connectivity index (χ1) is 19.0. The van der Waals surface area contributed by atoms with Gasteiger partial charge in [0.25, 0.3) is 5.91 Å². The van der Waals surface area contributed by atoms with E-state index in [-0.39, 0.29) is 23.8 Å². The number of nitrogens with zero attached hydrogens (tertiary/aromatic N) is 4. The molecule has 3 aliphatic rings. The van der Waals surface area contributed by atoms with E-state index in [1.807, 2.05) is 70.1 Å². The number of amides is 2. The number of benzene rings is 2. The number of aromatic nitrogens is 2. The van der Waals surface area contributed by atoms with Gasteiger partial charge in [-0.15, -0.1) is 0 Å². The van der Waals surface area contributed by atoms with Crippen molar-refractivity contribution in [2.75, 3.05) is 13.1 Å². The van der Waals surface area contributed by atoms with Gasteiger partial charge in [-0.05, 0) is 61.6 Å². The number of carbonyl (C=O) groups excluding carboxylic acids is 2. The van der Waals surface area contributed by atoms with Crippen molar-refractivity contribution in [2.45, 2.75) is 71.2 Å². The first kappa shape index (κ1) is 25.9. The maximum Gasteiger partial charge on any atom is 0.254 e. The van der Waals surface area contributed by atoms with Crippen molar-refractivity contribution in [1.82, 2.24) is 19.6 Å². The molecule has 6 rings (SSSR count). The Morgan fingerprint density at radius 2 is 1.92 bits per heavy atom. The molecule has 0 unspecified atom stereocenters. The van der Waals surface area contributed by atoms with Crippen LogP contribution in [0.15, 0.2) is 48.7 Å². The number of hydrogen-bond acceptors (Lipinski definition) is 4. The third kappa shape index (κ3) is 5.05. The zero-order chi connectivity index (χ0) is 26.9. The van der Waals surface area contributed by atoms with E-state index in [1.54, 1.807) is 0 Å². The zero-order valence-electron chi connectivity index (χ0n) is 22.4. The molecule has 0 radical (unpaired) electrons. The summed E-state index contributed by atoms with van der Waals surface area (Å²) in [6.45, 7) is 4.69. The fraction of sp³-hybridized carbons (Fsp3) is 0.452. The number of fused-ring (bicyclic) bond motifs is 2. The van der Waals surface area contributed by atoms with Crippen molar-refractivity contribution in [3.63, 3.8) is 0 Å². The van der Waals surface area contributed by atoms with Crippen LogP contribution in [0.1, 0.15) is 77.8 Å². The van der Waals surface area contributed by atoms with Crippen molar-refractivity contribution < 1.29 is 14.3 Å². The van der Waals surface area contributed by atoms with Gasteiger partial charge in [-0.1, -0.05) is 49.1 Å². The Hall–Kier alpha value is -3.32. The Morgan fingerprint density at radius 3 is 2.69 bits per heavy atom. The van der Waals surface area contributed by atoms with Gasteiger partial charge in [0.2, 0.25) is 5.91 Å². The van der Waals surface area contributed by atoms with Gasteiger partial charge < -0.3 is 14.5 Å². The van der Waals surface area contributed by atoms with Gasteiger partial charge in [-0.3, -0.25) is 14.3 Å². The largest absolute Gasteiger partial charge is 0.487 e. The van der Waals surface area contributed by atoms with Crippen molar-refractivity contribution in [2.24, 2.45) is 5.92 Å². The van der Waals surface area contributed by atoms with Crippen molar-refractivity contribution >= 4 is 23.4 Å². The molecule has 3 aromatic rings. The molecule has 204 valence electrons. The van der Waals surface area contributed by atoms with Gasteiger partial charge in [-0.2, -0.15) is 5.10 Å². The van der Waals surface area contributed by atoms with E-state index in [1.165, 1.54) is 6.42 Å². The van der Waals surface area contributed by atoms with E-state index in [2.05, 4.69) is 5.10 Å². The number of hydrogen-bond donors (Lipinski definition) is 0. The van der Waals surface area contributed by atoms with Gasteiger partial charge in [0.05, 0.1) is 11.7 Å². The third-order valence-corrected chi connectivity index (χ3v) is 8.85. The SMILES string of the molecule is CCn1ccc(COc2ccc(Cl)c3c2[C@@H](CN2Cc4ccccc4C2=O)N(C(=O)C2CCCCC2)CC3)n1. The summed E-state index contributed by atoms with van der Waals surface area (Å²) >= 11 is 6.76. The summed E-state index contributed by atoms with van der Waals surface area (Å²) in [7, 11) is 0. The van der Waals surface area contributed by atoms with Gasteiger partial charge in [0.1, 0.15) is 12.4 Å². The van der Waals surface area contributed by atoms with Crippen molar-refractivity contribution in [1.29, 1.82) is 0 Å². The van der Waals surface area contributed by atoms with Crippen LogP contribution < -0.4 is 4.74 Å². The van der Waals surface area contributed by atoms with Crippen LogP contribution in [0.2, 0.25) is 5.02 Å². The first-order valence-corrected chi connectivity index (χ1v) is 14.6. The minimum atomic E-state index is -0.330. The topological polar surface area (TPSA) is 67.7 Å². The number of carbonyl (C=O) groups is 2. The van der Waals surface area contributed by atoms with E-state index in [9.17, 15) is 9.59 Å². The van der Waals surface area contributed by atoms with Crippen LogP contribution in [0.5, 0.6) is 5.75 Å². The van der Waals surface area contributed by atoms with Gasteiger partial charge in [0.15, 0.2) is 0 Å². The lowest BCUT2D eigenvalue weighted by Crippen LogP contribution is -2.48. The first-order valence-electron chi connectivity index (χ1n) is 14.2. The maximum absolute atomic E-state index is 14.0. The molecule has 0 N–H and O–H groups in total. The number of rotatable bonds is 7. The second-order valence-corrected chi connectivity index (χ2v) is 11.3. The average molecular weight is 547 g/mol. The predicted molar refractivity (Wildman–Crippen MR) is 150 cm³/mol. The molecule has 1 saturated carbocycles. The highest BCUT2D eigenvalue weighted by atomic mass is 35.5. The van der Waals surface area contributed by atoms with Crippen molar-refractivity contribution in [3.8, 4) is 5.75 Å². The standard InChI is InChI=1S/C31H35ClN4O3/c1-2-35-16-14-23(33-35)20-39-28-13-12-26(32)25-15-17-36(30(37)21-8-4-3-5-9-21)27(29(25)28)19-34-18-22-10-6-7-11-24(22)31(34)38/h6-7,10-14,16,21,27H,2-5,8-9,15,17-20H2,1H3/t27-/m1/s1. The molecule has 2 amide bonds. The maximum atomic E-state index is 14.0. The lowest BCUT2D eigenvalue weighted by atomic mass is 9.85. The van der Waals surface area contributed by atoms with E-state index in [0.717, 1.165) is 60.2 Å². The summed E-state index contributed by atoms with van der Waals surface area (Å²) in [5, 5.41) is 5.24. The number of ether oxygens (including phenoxy) is 1. The molecule has 7 nitrogen and oxygen atoms in total. The quantitative estimate of drug-likeness (QED) is 0.376. The van der Waals surface area contributed by atoms with Crippen LogP contribution in [0, 0.1) is 5.92 Å². The molecule has 39 heavy (non-hydrogen) atoms. The van der Waals surface area contributed by atoms with Crippen LogP contribution in [0.3, 0.4) is 0 Å². The summed E-state index contributed by atoms with van der Waals surface area (Å²) in [5.74, 6) is 0.950. The van der Waals surface area contributed by atoms with Crippen LogP contribution in [0.4, 0.5) is 0 Å². The van der Waals surface area contributed by atoms with Crippen molar-refractivity contribution in [3.05, 3.63) is 81.6 Å². The third-order valence-electron chi connectivity index (χ3n) is 8.49. The molecule has 2 aliphatic heterocycles. The molecule has 3 heterocycles. The molecular weight excluding hydrogens is 512 g/mol. The molecule has 1 aliphatic carbocycles. The van der Waals surface area contributed by atoms with Crippen LogP contribution >= 0.6 is 11.6 Å². The minimum absolute atomic E-state index is 0.0115. The van der Waals surface area contributed by atoms with Crippen LogP contribution in [-0.4, -0.2) is 44.5 Å². The van der Waals surface area contributed by atoms with E-state index >= 15 is 0 Å². The van der Waals surface area contributed by atoms with Gasteiger partial charge in [0, 0.05) is 54.4 Å².